The Morgan fingerprint density at radius 1 is 1.60 bits per heavy atom. The van der Waals surface area contributed by atoms with Crippen molar-refractivity contribution < 1.29 is 72.6 Å². The Hall–Kier alpha value is 1.97. The van der Waals surface area contributed by atoms with E-state index in [1.165, 1.54) is 6.42 Å². The smallest absolute Gasteiger partial charge is 1.00 e. The Morgan fingerprint density at radius 2 is 1.70 bits per heavy atom. The van der Waals surface area contributed by atoms with Gasteiger partial charge in [-0.3, -0.25) is 0 Å². The van der Waals surface area contributed by atoms with Gasteiger partial charge in [-0.05, 0) is 12.2 Å². The molecule has 0 atom stereocenters. The maximum absolute atomic E-state index is 8.70. The first-order chi connectivity index (χ1) is 3.65. The number of hydrogen-bond acceptors (Lipinski definition) is 2. The molecule has 0 rings (SSSR count). The zero-order chi connectivity index (χ0) is 6.99. The molecule has 0 amide bonds. The molecular formula is C3H13KO4PS+. The van der Waals surface area contributed by atoms with Gasteiger partial charge in [-0.2, -0.15) is 12.6 Å². The standard InChI is InChI=1S/C3H8S.K.HO3P.H2O.H/c1-2-3-4;;1-4(2)3;;/h4H,2-3H2,1H3;;(H-,1,2,3);1H2;/q;+1;;;-1/p+1. The van der Waals surface area contributed by atoms with Crippen molar-refractivity contribution in [1.82, 2.24) is 0 Å². The molecule has 0 aliphatic carbocycles. The molecule has 7 heteroatoms. The summed E-state index contributed by atoms with van der Waals surface area (Å²) in [5, 5.41) is 0. The Labute approximate surface area is 111 Å². The van der Waals surface area contributed by atoms with Crippen LogP contribution in [0, 0.1) is 0 Å². The zero-order valence-electron chi connectivity index (χ0n) is 7.11. The van der Waals surface area contributed by atoms with E-state index in [1.807, 2.05) is 0 Å². The van der Waals surface area contributed by atoms with Crippen LogP contribution in [-0.4, -0.2) is 21.0 Å². The first-order valence-electron chi connectivity index (χ1n) is 2.11. The van der Waals surface area contributed by atoms with E-state index in [0.717, 1.165) is 5.75 Å². The molecule has 0 aliphatic heterocycles. The molecule has 0 aromatic heterocycles. The molecule has 0 saturated carbocycles. The van der Waals surface area contributed by atoms with Gasteiger partial charge in [0.25, 0.3) is 0 Å². The fourth-order valence-corrected chi connectivity index (χ4v) is 0. The summed E-state index contributed by atoms with van der Waals surface area (Å²) >= 11 is 3.92. The summed E-state index contributed by atoms with van der Waals surface area (Å²) < 4.78 is 8.70. The van der Waals surface area contributed by atoms with Crippen molar-refractivity contribution in [2.75, 3.05) is 5.75 Å². The third-order valence-electron chi connectivity index (χ3n) is 0.224. The van der Waals surface area contributed by atoms with Crippen LogP contribution in [-0.2, 0) is 4.57 Å². The summed E-state index contributed by atoms with van der Waals surface area (Å²) in [5.74, 6) is 1.01. The van der Waals surface area contributed by atoms with E-state index < -0.39 is 8.25 Å². The molecule has 0 heterocycles. The van der Waals surface area contributed by atoms with Gasteiger partial charge in [0.15, 0.2) is 0 Å². The molecule has 0 spiro atoms. The first kappa shape index (κ1) is 22.7. The van der Waals surface area contributed by atoms with Crippen molar-refractivity contribution in [2.45, 2.75) is 13.3 Å². The molecule has 10 heavy (non-hydrogen) atoms. The van der Waals surface area contributed by atoms with Crippen LogP contribution in [0.25, 0.3) is 0 Å². The van der Waals surface area contributed by atoms with E-state index in [-0.39, 0.29) is 58.3 Å². The molecule has 0 fully saturated rings. The predicted molar refractivity (Wildman–Crippen MR) is 40.9 cm³/mol. The summed E-state index contributed by atoms with van der Waals surface area (Å²) in [4.78, 5) is 14.2. The van der Waals surface area contributed by atoms with E-state index >= 15 is 0 Å². The molecule has 0 unspecified atom stereocenters. The van der Waals surface area contributed by atoms with E-state index in [4.69, 9.17) is 14.4 Å². The fraction of sp³-hybridized carbons (Fsp3) is 1.00. The van der Waals surface area contributed by atoms with Gasteiger partial charge >= 0.3 is 59.6 Å². The topological polar surface area (TPSA) is 89.0 Å². The Kier molecular flexibility index (Phi) is 50.9. The van der Waals surface area contributed by atoms with Crippen LogP contribution < -0.4 is 51.4 Å². The maximum Gasteiger partial charge on any atom is 1.00 e. The predicted octanol–water partition coefficient (Wildman–Crippen LogP) is -2.75. The quantitative estimate of drug-likeness (QED) is 0.252. The van der Waals surface area contributed by atoms with Crippen LogP contribution in [0.4, 0.5) is 0 Å². The molecule has 4 N–H and O–H groups in total. The zero-order valence-corrected chi connectivity index (χ0v) is 11.0. The number of rotatable bonds is 1. The molecule has 0 radical (unpaired) electrons. The van der Waals surface area contributed by atoms with Gasteiger partial charge in [0.1, 0.15) is 0 Å². The average molecular weight is 215 g/mol. The van der Waals surface area contributed by atoms with Crippen molar-refractivity contribution in [2.24, 2.45) is 0 Å². The maximum atomic E-state index is 8.70. The summed E-state index contributed by atoms with van der Waals surface area (Å²) in [6.07, 6.45) is 1.18. The fourth-order valence-electron chi connectivity index (χ4n) is 0. The average Bonchev–Trinajstić information content (AvgIpc) is 1.65. The number of hydrogen-bond donors (Lipinski definition) is 3. The van der Waals surface area contributed by atoms with Crippen LogP contribution in [0.15, 0.2) is 0 Å². The van der Waals surface area contributed by atoms with Crippen molar-refractivity contribution in [3.05, 3.63) is 0 Å². The van der Waals surface area contributed by atoms with Crippen LogP contribution in [0.2, 0.25) is 0 Å². The molecule has 4 nitrogen and oxygen atoms in total. The van der Waals surface area contributed by atoms with Gasteiger partial charge < -0.3 is 6.90 Å². The number of thiol groups is 1. The summed E-state index contributed by atoms with van der Waals surface area (Å²) in [7, 11) is -2.87. The molecule has 0 saturated heterocycles. The van der Waals surface area contributed by atoms with Crippen LogP contribution in [0.1, 0.15) is 14.8 Å². The second-order valence-electron chi connectivity index (χ2n) is 0.976. The molecule has 0 aliphatic rings. The summed E-state index contributed by atoms with van der Waals surface area (Å²) in [6.45, 7) is 2.10. The van der Waals surface area contributed by atoms with Gasteiger partial charge in [0.2, 0.25) is 0 Å². The van der Waals surface area contributed by atoms with Crippen LogP contribution >= 0.6 is 20.9 Å². The molecule has 0 aromatic rings. The van der Waals surface area contributed by atoms with Gasteiger partial charge in [0.05, 0.1) is 0 Å². The van der Waals surface area contributed by atoms with E-state index in [2.05, 4.69) is 19.6 Å². The summed E-state index contributed by atoms with van der Waals surface area (Å²) in [6, 6.07) is 0. The largest absolute Gasteiger partial charge is 1.00 e. The Bertz CT molecular complexity index is 63.3. The molecular weight excluding hydrogens is 202 g/mol. The molecule has 0 bridgehead atoms. The van der Waals surface area contributed by atoms with E-state index in [1.54, 1.807) is 0 Å². The minimum Gasteiger partial charge on any atom is -1.00 e. The normalized spacial score (nSPS) is 5.60. The SMILES string of the molecule is CCCS.O.O=[P+](O)O.[H-].[K+]. The monoisotopic (exact) mass is 215 g/mol. The van der Waals surface area contributed by atoms with Crippen molar-refractivity contribution in [1.29, 1.82) is 0 Å². The van der Waals surface area contributed by atoms with E-state index in [9.17, 15) is 0 Å². The molecule has 0 aromatic carbocycles. The third-order valence-corrected chi connectivity index (χ3v) is 0.671. The second kappa shape index (κ2) is 22.4. The van der Waals surface area contributed by atoms with Crippen molar-refractivity contribution >= 4 is 20.9 Å². The summed E-state index contributed by atoms with van der Waals surface area (Å²) in [5.41, 5.74) is 0. The van der Waals surface area contributed by atoms with E-state index in [0.29, 0.717) is 0 Å². The van der Waals surface area contributed by atoms with Crippen LogP contribution in [0.5, 0.6) is 0 Å². The van der Waals surface area contributed by atoms with Gasteiger partial charge in [-0.1, -0.05) is 6.92 Å². The van der Waals surface area contributed by atoms with Gasteiger partial charge in [-0.25, -0.2) is 0 Å². The first-order valence-corrected chi connectivity index (χ1v) is 3.90. The van der Waals surface area contributed by atoms with Gasteiger partial charge in [0, 0.05) is 4.57 Å². The molecule has 60 valence electrons. The Morgan fingerprint density at radius 3 is 1.70 bits per heavy atom. The minimum atomic E-state index is -2.87. The van der Waals surface area contributed by atoms with Crippen molar-refractivity contribution in [3.63, 3.8) is 0 Å². The van der Waals surface area contributed by atoms with Crippen molar-refractivity contribution in [3.8, 4) is 0 Å². The Balaban J connectivity index is -0.0000000171. The minimum absolute atomic E-state index is 0. The third kappa shape index (κ3) is 91.1. The van der Waals surface area contributed by atoms with Crippen LogP contribution in [0.3, 0.4) is 0 Å². The second-order valence-corrected chi connectivity index (χ2v) is 1.93. The van der Waals surface area contributed by atoms with Gasteiger partial charge in [-0.15, -0.1) is 9.79 Å².